The summed E-state index contributed by atoms with van der Waals surface area (Å²) < 4.78 is 0. The molecule has 2 aromatic carbocycles. The molecule has 126 valence electrons. The highest BCUT2D eigenvalue weighted by Gasteiger charge is 2.16. The Morgan fingerprint density at radius 1 is 1.25 bits per heavy atom. The Kier molecular flexibility index (Phi) is 7.53. The van der Waals surface area contributed by atoms with Crippen LogP contribution in [0.3, 0.4) is 0 Å². The number of halogens is 3. The van der Waals surface area contributed by atoms with Gasteiger partial charge < -0.3 is 10.8 Å². The molecule has 0 spiro atoms. The number of nitrogens with zero attached hydrogens (tertiary/aromatic N) is 1. The van der Waals surface area contributed by atoms with Crippen molar-refractivity contribution in [1.29, 1.82) is 5.26 Å². The van der Waals surface area contributed by atoms with Gasteiger partial charge in [0, 0.05) is 21.5 Å². The summed E-state index contributed by atoms with van der Waals surface area (Å²) in [6.45, 7) is 0.215. The maximum absolute atomic E-state index is 11.0. The van der Waals surface area contributed by atoms with Crippen LogP contribution in [0.1, 0.15) is 23.5 Å². The Morgan fingerprint density at radius 3 is 2.54 bits per heavy atom. The van der Waals surface area contributed by atoms with E-state index >= 15 is 0 Å². The fraction of sp³-hybridized carbons (Fsp3) is 0.176. The molecule has 3 N–H and O–H groups in total. The van der Waals surface area contributed by atoms with E-state index in [9.17, 15) is 4.79 Å². The summed E-state index contributed by atoms with van der Waals surface area (Å²) in [7, 11) is 0. The molecule has 0 saturated heterocycles. The van der Waals surface area contributed by atoms with E-state index in [1.54, 1.807) is 36.4 Å². The first-order valence-corrected chi connectivity index (χ1v) is 7.62. The summed E-state index contributed by atoms with van der Waals surface area (Å²) >= 11 is 12.3. The molecular formula is C17H15Cl3N2O2. The summed E-state index contributed by atoms with van der Waals surface area (Å²) in [6, 6.07) is 12.3. The van der Waals surface area contributed by atoms with Gasteiger partial charge in [0.15, 0.2) is 0 Å². The molecule has 0 heterocycles. The van der Waals surface area contributed by atoms with Gasteiger partial charge in [-0.3, -0.25) is 4.79 Å². The first-order valence-electron chi connectivity index (χ1n) is 6.87. The van der Waals surface area contributed by atoms with E-state index in [0.717, 1.165) is 5.56 Å². The smallest absolute Gasteiger partial charge is 0.304 e. The minimum absolute atomic E-state index is 0. The Bertz CT molecular complexity index is 788. The highest BCUT2D eigenvalue weighted by atomic mass is 35.5. The van der Waals surface area contributed by atoms with E-state index in [1.807, 2.05) is 6.07 Å². The number of hydrogen-bond donors (Lipinski definition) is 2. The molecule has 0 unspecified atom stereocenters. The topological polar surface area (TPSA) is 87.1 Å². The number of carboxylic acids is 1. The monoisotopic (exact) mass is 384 g/mol. The van der Waals surface area contributed by atoms with Crippen LogP contribution in [0, 0.1) is 11.3 Å². The molecule has 0 aliphatic carbocycles. The van der Waals surface area contributed by atoms with Gasteiger partial charge >= 0.3 is 5.97 Å². The van der Waals surface area contributed by atoms with Crippen molar-refractivity contribution in [2.75, 3.05) is 6.54 Å². The lowest BCUT2D eigenvalue weighted by Gasteiger charge is -2.15. The molecule has 4 nitrogen and oxygen atoms in total. The Hall–Kier alpha value is -1.77. The lowest BCUT2D eigenvalue weighted by Crippen LogP contribution is -2.16. The molecule has 0 aliphatic heterocycles. The zero-order valence-electron chi connectivity index (χ0n) is 12.5. The zero-order chi connectivity index (χ0) is 17.0. The number of nitriles is 1. The van der Waals surface area contributed by atoms with Crippen molar-refractivity contribution in [1.82, 2.24) is 0 Å². The fourth-order valence-corrected chi connectivity index (χ4v) is 2.84. The number of nitrogens with two attached hydrogens (primary N) is 1. The van der Waals surface area contributed by atoms with Crippen LogP contribution in [0.2, 0.25) is 10.0 Å². The van der Waals surface area contributed by atoms with Gasteiger partial charge in [-0.15, -0.1) is 12.4 Å². The SMILES string of the molecule is Cl.N#Cc1cc(Cl)cc(-c2cc([C@H](CN)CC(=O)O)ccc2Cl)c1. The second-order valence-electron chi connectivity index (χ2n) is 5.11. The van der Waals surface area contributed by atoms with Crippen molar-refractivity contribution in [2.45, 2.75) is 12.3 Å². The Morgan fingerprint density at radius 2 is 1.96 bits per heavy atom. The number of carbonyl (C=O) groups is 1. The van der Waals surface area contributed by atoms with Crippen molar-refractivity contribution in [3.63, 3.8) is 0 Å². The third-order valence-electron chi connectivity index (χ3n) is 3.51. The standard InChI is InChI=1S/C17H14Cl2N2O2.ClH/c18-14-4-10(8-20)3-12(5-14)15-6-11(1-2-16(15)19)13(9-21)7-17(22)23;/h1-6,13H,7,9,21H2,(H,22,23);1H/t13-;/m0./s1. The minimum Gasteiger partial charge on any atom is -0.481 e. The van der Waals surface area contributed by atoms with E-state index in [2.05, 4.69) is 0 Å². The Labute approximate surface area is 156 Å². The van der Waals surface area contributed by atoms with E-state index in [-0.39, 0.29) is 31.3 Å². The van der Waals surface area contributed by atoms with Crippen molar-refractivity contribution in [2.24, 2.45) is 5.73 Å². The zero-order valence-corrected chi connectivity index (χ0v) is 14.8. The van der Waals surface area contributed by atoms with Gasteiger partial charge in [-0.25, -0.2) is 0 Å². The van der Waals surface area contributed by atoms with Crippen LogP contribution in [-0.2, 0) is 4.79 Å². The molecule has 1 atom stereocenters. The van der Waals surface area contributed by atoms with Crippen LogP contribution < -0.4 is 5.73 Å². The summed E-state index contributed by atoms with van der Waals surface area (Å²) in [5, 5.41) is 19.0. The highest BCUT2D eigenvalue weighted by molar-refractivity contribution is 6.34. The van der Waals surface area contributed by atoms with E-state index < -0.39 is 5.97 Å². The second-order valence-corrected chi connectivity index (χ2v) is 5.95. The average molecular weight is 386 g/mol. The number of benzene rings is 2. The molecule has 7 heteroatoms. The van der Waals surface area contributed by atoms with Gasteiger partial charge in [-0.2, -0.15) is 5.26 Å². The van der Waals surface area contributed by atoms with Crippen LogP contribution in [-0.4, -0.2) is 17.6 Å². The van der Waals surface area contributed by atoms with Gasteiger partial charge in [0.25, 0.3) is 0 Å². The van der Waals surface area contributed by atoms with Crippen LogP contribution in [0.5, 0.6) is 0 Å². The molecular weight excluding hydrogens is 371 g/mol. The largest absolute Gasteiger partial charge is 0.481 e. The first-order chi connectivity index (χ1) is 10.9. The second kappa shape index (κ2) is 8.91. The van der Waals surface area contributed by atoms with Gasteiger partial charge in [-0.1, -0.05) is 29.3 Å². The summed E-state index contributed by atoms with van der Waals surface area (Å²) in [6.07, 6.45) is -0.0590. The lowest BCUT2D eigenvalue weighted by molar-refractivity contribution is -0.137. The molecule has 0 bridgehead atoms. The maximum Gasteiger partial charge on any atom is 0.304 e. The quantitative estimate of drug-likeness (QED) is 0.795. The van der Waals surface area contributed by atoms with Crippen molar-refractivity contribution >= 4 is 41.6 Å². The third-order valence-corrected chi connectivity index (χ3v) is 4.05. The number of carboxylic acid groups (broad SMARTS) is 1. The van der Waals surface area contributed by atoms with E-state index in [4.69, 9.17) is 39.3 Å². The average Bonchev–Trinajstić information content (AvgIpc) is 2.52. The number of rotatable bonds is 5. The molecule has 24 heavy (non-hydrogen) atoms. The molecule has 0 saturated carbocycles. The molecule has 0 amide bonds. The number of aliphatic carboxylic acids is 1. The molecule has 2 rings (SSSR count). The van der Waals surface area contributed by atoms with Crippen LogP contribution in [0.15, 0.2) is 36.4 Å². The van der Waals surface area contributed by atoms with Crippen LogP contribution in [0.25, 0.3) is 11.1 Å². The normalized spacial score (nSPS) is 11.2. The fourth-order valence-electron chi connectivity index (χ4n) is 2.38. The van der Waals surface area contributed by atoms with Gasteiger partial charge in [0.1, 0.15) is 0 Å². The van der Waals surface area contributed by atoms with Gasteiger partial charge in [-0.05, 0) is 48.0 Å². The van der Waals surface area contributed by atoms with Crippen LogP contribution >= 0.6 is 35.6 Å². The number of hydrogen-bond acceptors (Lipinski definition) is 3. The van der Waals surface area contributed by atoms with Crippen molar-refractivity contribution in [3.8, 4) is 17.2 Å². The van der Waals surface area contributed by atoms with Crippen LogP contribution in [0.4, 0.5) is 0 Å². The summed E-state index contributed by atoms with van der Waals surface area (Å²) in [5.41, 5.74) is 8.29. The third kappa shape index (κ3) is 4.86. The predicted molar refractivity (Wildman–Crippen MR) is 97.9 cm³/mol. The summed E-state index contributed by atoms with van der Waals surface area (Å²) in [4.78, 5) is 11.0. The van der Waals surface area contributed by atoms with Crippen molar-refractivity contribution in [3.05, 3.63) is 57.6 Å². The highest BCUT2D eigenvalue weighted by Crippen LogP contribution is 2.33. The van der Waals surface area contributed by atoms with Gasteiger partial charge in [0.05, 0.1) is 18.1 Å². The van der Waals surface area contributed by atoms with Crippen molar-refractivity contribution < 1.29 is 9.90 Å². The predicted octanol–water partition coefficient (Wildman–Crippen LogP) is 4.47. The van der Waals surface area contributed by atoms with E-state index in [1.165, 1.54) is 0 Å². The minimum atomic E-state index is -0.911. The van der Waals surface area contributed by atoms with Gasteiger partial charge in [0.2, 0.25) is 0 Å². The molecule has 0 aromatic heterocycles. The maximum atomic E-state index is 11.0. The lowest BCUT2D eigenvalue weighted by atomic mass is 9.92. The van der Waals surface area contributed by atoms with E-state index in [0.29, 0.717) is 26.7 Å². The molecule has 0 aliphatic rings. The molecule has 0 fully saturated rings. The molecule has 2 aromatic rings. The molecule has 0 radical (unpaired) electrons. The summed E-state index contributed by atoms with van der Waals surface area (Å²) in [5.74, 6) is -1.22. The first kappa shape index (κ1) is 20.3. The Balaban J connectivity index is 0.00000288.